The van der Waals surface area contributed by atoms with E-state index in [4.69, 9.17) is 14.9 Å². The molecule has 104 valence electrons. The van der Waals surface area contributed by atoms with Gasteiger partial charge in [0.15, 0.2) is 11.5 Å². The second-order valence-electron chi connectivity index (χ2n) is 5.69. The Hall–Kier alpha value is -2.30. The van der Waals surface area contributed by atoms with E-state index in [0.29, 0.717) is 27.8 Å². The first-order valence-electron chi connectivity index (χ1n) is 6.38. The Kier molecular flexibility index (Phi) is 2.45. The van der Waals surface area contributed by atoms with Crippen molar-refractivity contribution in [1.29, 1.82) is 0 Å². The highest BCUT2D eigenvalue weighted by Crippen LogP contribution is 2.40. The number of rotatable bonds is 1. The van der Waals surface area contributed by atoms with Crippen LogP contribution in [-0.2, 0) is 0 Å². The summed E-state index contributed by atoms with van der Waals surface area (Å²) in [6.07, 6.45) is 0.287. The van der Waals surface area contributed by atoms with Gasteiger partial charge in [-0.2, -0.15) is 0 Å². The van der Waals surface area contributed by atoms with Crippen LogP contribution in [0.5, 0.6) is 5.75 Å². The maximum Gasteiger partial charge on any atom is 0.284 e. The maximum absolute atomic E-state index is 12.4. The van der Waals surface area contributed by atoms with Crippen molar-refractivity contribution in [3.05, 3.63) is 29.0 Å². The molecule has 1 aliphatic heterocycles. The zero-order valence-electron chi connectivity index (χ0n) is 11.6. The highest BCUT2D eigenvalue weighted by Gasteiger charge is 2.35. The molecule has 0 fully saturated rings. The molecule has 20 heavy (non-hydrogen) atoms. The summed E-state index contributed by atoms with van der Waals surface area (Å²) in [5.41, 5.74) is 6.30. The number of carbonyl (C=O) groups excluding carboxylic acids is 2. The van der Waals surface area contributed by atoms with Gasteiger partial charge >= 0.3 is 0 Å². The third-order valence-electron chi connectivity index (χ3n) is 3.53. The van der Waals surface area contributed by atoms with Crippen molar-refractivity contribution >= 4 is 22.7 Å². The van der Waals surface area contributed by atoms with Crippen LogP contribution in [0.15, 0.2) is 16.5 Å². The van der Waals surface area contributed by atoms with Crippen molar-refractivity contribution in [3.63, 3.8) is 0 Å². The van der Waals surface area contributed by atoms with E-state index in [9.17, 15) is 9.59 Å². The molecule has 1 amide bonds. The van der Waals surface area contributed by atoms with Gasteiger partial charge in [0.2, 0.25) is 0 Å². The number of nitrogens with two attached hydrogens (primary N) is 1. The summed E-state index contributed by atoms with van der Waals surface area (Å²) >= 11 is 0. The molecule has 2 heterocycles. The summed E-state index contributed by atoms with van der Waals surface area (Å²) in [6, 6.07) is 3.40. The highest BCUT2D eigenvalue weighted by atomic mass is 16.5. The SMILES string of the molecule is Cc1c(C(N)=O)oc2ccc3c(c12)C(=O)CC(C)(C)O3. The zero-order chi connectivity index (χ0) is 14.7. The first-order chi connectivity index (χ1) is 9.30. The number of hydrogen-bond donors (Lipinski definition) is 1. The predicted molar refractivity (Wildman–Crippen MR) is 73.1 cm³/mol. The Morgan fingerprint density at radius 2 is 2.05 bits per heavy atom. The fraction of sp³-hybridized carbons (Fsp3) is 0.333. The summed E-state index contributed by atoms with van der Waals surface area (Å²) in [5.74, 6) is -0.0385. The van der Waals surface area contributed by atoms with Gasteiger partial charge in [0.1, 0.15) is 16.9 Å². The molecule has 3 rings (SSSR count). The van der Waals surface area contributed by atoms with Crippen LogP contribution < -0.4 is 10.5 Å². The average Bonchev–Trinajstić information content (AvgIpc) is 2.65. The lowest BCUT2D eigenvalue weighted by atomic mass is 9.90. The Labute approximate surface area is 115 Å². The monoisotopic (exact) mass is 273 g/mol. The van der Waals surface area contributed by atoms with Crippen molar-refractivity contribution in [2.75, 3.05) is 0 Å². The van der Waals surface area contributed by atoms with Crippen LogP contribution in [0.25, 0.3) is 11.0 Å². The summed E-state index contributed by atoms with van der Waals surface area (Å²) in [7, 11) is 0. The van der Waals surface area contributed by atoms with Crippen LogP contribution in [0, 0.1) is 6.92 Å². The Balaban J connectivity index is 2.34. The molecule has 1 aromatic carbocycles. The first-order valence-corrected chi connectivity index (χ1v) is 6.38. The topological polar surface area (TPSA) is 82.5 Å². The maximum atomic E-state index is 12.4. The Morgan fingerprint density at radius 1 is 1.35 bits per heavy atom. The van der Waals surface area contributed by atoms with E-state index < -0.39 is 11.5 Å². The number of furan rings is 1. The number of aryl methyl sites for hydroxylation is 1. The fourth-order valence-electron chi connectivity index (χ4n) is 2.73. The summed E-state index contributed by atoms with van der Waals surface area (Å²) < 4.78 is 11.3. The van der Waals surface area contributed by atoms with E-state index in [1.165, 1.54) is 0 Å². The van der Waals surface area contributed by atoms with Crippen molar-refractivity contribution in [1.82, 2.24) is 0 Å². The summed E-state index contributed by atoms with van der Waals surface area (Å²) in [6.45, 7) is 5.46. The lowest BCUT2D eigenvalue weighted by Crippen LogP contribution is -2.35. The van der Waals surface area contributed by atoms with E-state index in [-0.39, 0.29) is 18.0 Å². The van der Waals surface area contributed by atoms with Crippen molar-refractivity contribution < 1.29 is 18.7 Å². The van der Waals surface area contributed by atoms with Gasteiger partial charge in [0.25, 0.3) is 5.91 Å². The third kappa shape index (κ3) is 1.70. The number of Topliss-reactive ketones (excluding diaryl/α,β-unsaturated/α-hetero) is 1. The fourth-order valence-corrected chi connectivity index (χ4v) is 2.73. The van der Waals surface area contributed by atoms with Gasteiger partial charge in [0, 0.05) is 10.9 Å². The molecule has 2 aromatic rings. The van der Waals surface area contributed by atoms with Crippen LogP contribution in [0.1, 0.15) is 46.7 Å². The van der Waals surface area contributed by atoms with Crippen LogP contribution in [-0.4, -0.2) is 17.3 Å². The molecule has 0 saturated heterocycles. The standard InChI is InChI=1S/C15H15NO4/c1-7-11-9(19-13(7)14(16)18)4-5-10-12(11)8(17)6-15(2,3)20-10/h4-5H,6H2,1-3H3,(H2,16,18). The minimum absolute atomic E-state index is 0.0122. The van der Waals surface area contributed by atoms with Gasteiger partial charge in [-0.1, -0.05) is 0 Å². The normalized spacial score (nSPS) is 16.9. The van der Waals surface area contributed by atoms with Crippen molar-refractivity contribution in [2.24, 2.45) is 5.73 Å². The number of fused-ring (bicyclic) bond motifs is 3. The third-order valence-corrected chi connectivity index (χ3v) is 3.53. The molecule has 1 aliphatic rings. The molecular weight excluding hydrogens is 258 g/mol. The predicted octanol–water partition coefficient (Wildman–Crippen LogP) is 2.58. The second-order valence-corrected chi connectivity index (χ2v) is 5.69. The second kappa shape index (κ2) is 3.85. The molecule has 0 bridgehead atoms. The van der Waals surface area contributed by atoms with Crippen LogP contribution >= 0.6 is 0 Å². The Morgan fingerprint density at radius 3 is 2.70 bits per heavy atom. The number of ketones is 1. The van der Waals surface area contributed by atoms with E-state index in [2.05, 4.69) is 0 Å². The number of benzene rings is 1. The largest absolute Gasteiger partial charge is 0.487 e. The van der Waals surface area contributed by atoms with Gasteiger partial charge in [-0.3, -0.25) is 9.59 Å². The average molecular weight is 273 g/mol. The van der Waals surface area contributed by atoms with Crippen molar-refractivity contribution in [2.45, 2.75) is 32.8 Å². The lowest BCUT2D eigenvalue weighted by Gasteiger charge is -2.31. The first kappa shape index (κ1) is 12.7. The molecule has 0 atom stereocenters. The molecule has 1 aromatic heterocycles. The van der Waals surface area contributed by atoms with Crippen LogP contribution in [0.4, 0.5) is 0 Å². The number of hydrogen-bond acceptors (Lipinski definition) is 4. The van der Waals surface area contributed by atoms with E-state index >= 15 is 0 Å². The molecule has 0 spiro atoms. The molecule has 0 aliphatic carbocycles. The Bertz CT molecular complexity index is 755. The van der Waals surface area contributed by atoms with Gasteiger partial charge in [-0.15, -0.1) is 0 Å². The summed E-state index contributed by atoms with van der Waals surface area (Å²) in [5, 5.41) is 0.622. The number of amides is 1. The molecule has 0 radical (unpaired) electrons. The quantitative estimate of drug-likeness (QED) is 0.865. The van der Waals surface area contributed by atoms with E-state index in [1.807, 2.05) is 13.8 Å². The van der Waals surface area contributed by atoms with Gasteiger partial charge < -0.3 is 14.9 Å². The van der Waals surface area contributed by atoms with Crippen molar-refractivity contribution in [3.8, 4) is 5.75 Å². The van der Waals surface area contributed by atoms with E-state index in [1.54, 1.807) is 19.1 Å². The van der Waals surface area contributed by atoms with Gasteiger partial charge in [0.05, 0.1) is 12.0 Å². The van der Waals surface area contributed by atoms with Crippen LogP contribution in [0.2, 0.25) is 0 Å². The van der Waals surface area contributed by atoms with Gasteiger partial charge in [-0.25, -0.2) is 0 Å². The highest BCUT2D eigenvalue weighted by molar-refractivity contribution is 6.13. The van der Waals surface area contributed by atoms with Gasteiger partial charge in [-0.05, 0) is 32.9 Å². The zero-order valence-corrected chi connectivity index (χ0v) is 11.6. The van der Waals surface area contributed by atoms with Crippen LogP contribution in [0.3, 0.4) is 0 Å². The molecule has 5 heteroatoms. The lowest BCUT2D eigenvalue weighted by molar-refractivity contribution is 0.0623. The molecule has 2 N–H and O–H groups in total. The minimum atomic E-state index is -0.642. The molecular formula is C15H15NO4. The number of primary amides is 1. The molecule has 0 saturated carbocycles. The minimum Gasteiger partial charge on any atom is -0.487 e. The molecule has 5 nitrogen and oxygen atoms in total. The molecule has 0 unspecified atom stereocenters. The summed E-state index contributed by atoms with van der Waals surface area (Å²) in [4.78, 5) is 23.8. The smallest absolute Gasteiger partial charge is 0.284 e. The number of carbonyl (C=O) groups is 2. The number of ether oxygens (including phenoxy) is 1. The van der Waals surface area contributed by atoms with E-state index in [0.717, 1.165) is 0 Å².